The molecule has 2 aromatic carbocycles. The monoisotopic (exact) mass is 446 g/mol. The predicted molar refractivity (Wildman–Crippen MR) is 118 cm³/mol. The Labute approximate surface area is 185 Å². The van der Waals surface area contributed by atoms with Crippen LogP contribution in [0, 0.1) is 0 Å². The molecular formula is C21H23ClN4O3S. The first-order valence-electron chi connectivity index (χ1n) is 9.27. The van der Waals surface area contributed by atoms with Crippen LogP contribution < -0.4 is 9.47 Å². The first-order valence-corrected chi connectivity index (χ1v) is 10.6. The molecule has 0 fully saturated rings. The van der Waals surface area contributed by atoms with Gasteiger partial charge in [0.25, 0.3) is 0 Å². The molecule has 3 rings (SSSR count). The van der Waals surface area contributed by atoms with Gasteiger partial charge in [-0.1, -0.05) is 23.4 Å². The number of methoxy groups -OCH3 is 1. The Morgan fingerprint density at radius 3 is 2.43 bits per heavy atom. The molecule has 1 aromatic heterocycles. The molecule has 0 saturated heterocycles. The van der Waals surface area contributed by atoms with Crippen molar-refractivity contribution >= 4 is 29.3 Å². The second kappa shape index (κ2) is 10.4. The highest BCUT2D eigenvalue weighted by molar-refractivity contribution is 7.99. The van der Waals surface area contributed by atoms with E-state index in [1.54, 1.807) is 43.3 Å². The van der Waals surface area contributed by atoms with Crippen molar-refractivity contribution in [2.24, 2.45) is 7.05 Å². The fourth-order valence-corrected chi connectivity index (χ4v) is 3.60. The molecule has 0 aliphatic rings. The maximum atomic E-state index is 12.4. The Morgan fingerprint density at radius 1 is 1.10 bits per heavy atom. The molecular weight excluding hydrogens is 424 g/mol. The maximum Gasteiger partial charge on any atom is 0.232 e. The molecule has 0 atom stereocenters. The lowest BCUT2D eigenvalue weighted by molar-refractivity contribution is -0.127. The minimum atomic E-state index is -0.00583. The third-order valence-electron chi connectivity index (χ3n) is 4.44. The van der Waals surface area contributed by atoms with Crippen molar-refractivity contribution in [2.45, 2.75) is 5.16 Å². The van der Waals surface area contributed by atoms with Crippen LogP contribution in [0.5, 0.6) is 11.5 Å². The zero-order valence-electron chi connectivity index (χ0n) is 17.0. The van der Waals surface area contributed by atoms with Crippen molar-refractivity contribution in [1.29, 1.82) is 0 Å². The summed E-state index contributed by atoms with van der Waals surface area (Å²) in [6, 6.07) is 14.7. The van der Waals surface area contributed by atoms with E-state index in [4.69, 9.17) is 21.1 Å². The van der Waals surface area contributed by atoms with E-state index < -0.39 is 0 Å². The smallest absolute Gasteiger partial charge is 0.232 e. The molecule has 3 aromatic rings. The average Bonchev–Trinajstić information content (AvgIpc) is 3.13. The van der Waals surface area contributed by atoms with E-state index in [1.807, 2.05) is 35.9 Å². The molecule has 0 bridgehead atoms. The number of rotatable bonds is 9. The van der Waals surface area contributed by atoms with Crippen LogP contribution in [-0.2, 0) is 11.8 Å². The molecule has 30 heavy (non-hydrogen) atoms. The first-order chi connectivity index (χ1) is 14.5. The summed E-state index contributed by atoms with van der Waals surface area (Å²) < 4.78 is 12.7. The van der Waals surface area contributed by atoms with Gasteiger partial charge in [0.2, 0.25) is 5.91 Å². The van der Waals surface area contributed by atoms with Gasteiger partial charge >= 0.3 is 0 Å². The lowest BCUT2D eigenvalue weighted by Gasteiger charge is -2.17. The van der Waals surface area contributed by atoms with E-state index in [-0.39, 0.29) is 11.7 Å². The number of carbonyl (C=O) groups excluding carboxylic acids is 1. The Balaban J connectivity index is 1.49. The average molecular weight is 447 g/mol. The number of likely N-dealkylation sites (N-methyl/N-ethyl adjacent to an activating group) is 1. The predicted octanol–water partition coefficient (Wildman–Crippen LogP) is 3.77. The lowest BCUT2D eigenvalue weighted by Crippen LogP contribution is -2.32. The quantitative estimate of drug-likeness (QED) is 0.466. The molecule has 7 nitrogen and oxygen atoms in total. The summed E-state index contributed by atoms with van der Waals surface area (Å²) in [4.78, 5) is 14.1. The molecule has 158 valence electrons. The number of ether oxygens (including phenoxy) is 2. The highest BCUT2D eigenvalue weighted by Gasteiger charge is 2.15. The molecule has 0 aliphatic carbocycles. The normalized spacial score (nSPS) is 10.7. The molecule has 1 amide bonds. The second-order valence-corrected chi connectivity index (χ2v) is 7.88. The molecule has 0 aliphatic heterocycles. The SMILES string of the molecule is COc1ccc(-c2nnc(SCC(=O)N(C)CCOc3ccc(Cl)cc3)n2C)cc1. The van der Waals surface area contributed by atoms with Crippen LogP contribution in [0.2, 0.25) is 5.02 Å². The Morgan fingerprint density at radius 2 is 1.77 bits per heavy atom. The van der Waals surface area contributed by atoms with E-state index in [9.17, 15) is 4.79 Å². The molecule has 1 heterocycles. The van der Waals surface area contributed by atoms with Crippen molar-refractivity contribution < 1.29 is 14.3 Å². The minimum Gasteiger partial charge on any atom is -0.497 e. The molecule has 0 spiro atoms. The summed E-state index contributed by atoms with van der Waals surface area (Å²) in [5, 5.41) is 9.80. The summed E-state index contributed by atoms with van der Waals surface area (Å²) in [5.41, 5.74) is 0.931. The first kappa shape index (κ1) is 22.0. The van der Waals surface area contributed by atoms with Gasteiger partial charge in [0.1, 0.15) is 18.1 Å². The third-order valence-corrected chi connectivity index (χ3v) is 5.70. The zero-order valence-corrected chi connectivity index (χ0v) is 18.6. The number of nitrogens with zero attached hydrogens (tertiary/aromatic N) is 4. The summed E-state index contributed by atoms with van der Waals surface area (Å²) in [6.07, 6.45) is 0. The Bertz CT molecular complexity index is 977. The topological polar surface area (TPSA) is 69.5 Å². The van der Waals surface area contributed by atoms with Crippen molar-refractivity contribution in [3.63, 3.8) is 0 Å². The lowest BCUT2D eigenvalue weighted by atomic mass is 10.2. The second-order valence-electron chi connectivity index (χ2n) is 6.50. The molecule has 0 unspecified atom stereocenters. The van der Waals surface area contributed by atoms with Gasteiger partial charge < -0.3 is 18.9 Å². The summed E-state index contributed by atoms with van der Waals surface area (Å²) in [6.45, 7) is 0.887. The fourth-order valence-electron chi connectivity index (χ4n) is 2.62. The van der Waals surface area contributed by atoms with Gasteiger partial charge in [0, 0.05) is 24.7 Å². The van der Waals surface area contributed by atoms with E-state index in [2.05, 4.69) is 10.2 Å². The van der Waals surface area contributed by atoms with Crippen LogP contribution in [0.15, 0.2) is 53.7 Å². The van der Waals surface area contributed by atoms with Gasteiger partial charge in [-0.25, -0.2) is 0 Å². The number of hydrogen-bond acceptors (Lipinski definition) is 6. The number of thioether (sulfide) groups is 1. The van der Waals surface area contributed by atoms with E-state index in [1.165, 1.54) is 11.8 Å². The number of benzene rings is 2. The summed E-state index contributed by atoms with van der Waals surface area (Å²) >= 11 is 7.21. The fraction of sp³-hybridized carbons (Fsp3) is 0.286. The highest BCUT2D eigenvalue weighted by Crippen LogP contribution is 2.24. The van der Waals surface area contributed by atoms with Gasteiger partial charge in [0.15, 0.2) is 11.0 Å². The number of carbonyl (C=O) groups is 1. The van der Waals surface area contributed by atoms with Gasteiger partial charge in [-0.3, -0.25) is 4.79 Å². The largest absolute Gasteiger partial charge is 0.497 e. The van der Waals surface area contributed by atoms with Crippen LogP contribution in [0.3, 0.4) is 0 Å². The van der Waals surface area contributed by atoms with E-state index >= 15 is 0 Å². The third kappa shape index (κ3) is 5.67. The van der Waals surface area contributed by atoms with Crippen LogP contribution >= 0.6 is 23.4 Å². The van der Waals surface area contributed by atoms with Crippen molar-refractivity contribution in [1.82, 2.24) is 19.7 Å². The number of amides is 1. The highest BCUT2D eigenvalue weighted by atomic mass is 35.5. The van der Waals surface area contributed by atoms with E-state index in [0.29, 0.717) is 23.3 Å². The zero-order chi connectivity index (χ0) is 21.5. The van der Waals surface area contributed by atoms with Gasteiger partial charge in [-0.2, -0.15) is 0 Å². The Hall–Kier alpha value is -2.71. The van der Waals surface area contributed by atoms with Crippen LogP contribution in [-0.4, -0.2) is 58.6 Å². The van der Waals surface area contributed by atoms with Crippen molar-refractivity contribution in [3.05, 3.63) is 53.6 Å². The van der Waals surface area contributed by atoms with Gasteiger partial charge in [-0.15, -0.1) is 10.2 Å². The molecule has 0 radical (unpaired) electrons. The van der Waals surface area contributed by atoms with Crippen LogP contribution in [0.1, 0.15) is 0 Å². The van der Waals surface area contributed by atoms with Gasteiger partial charge in [0.05, 0.1) is 19.4 Å². The molecule has 0 N–H and O–H groups in total. The maximum absolute atomic E-state index is 12.4. The molecule has 9 heteroatoms. The minimum absolute atomic E-state index is 0.00583. The summed E-state index contributed by atoms with van der Waals surface area (Å²) in [7, 11) is 5.27. The standard InChI is InChI=1S/C21H23ClN4O3S/c1-25(12-13-29-18-10-6-16(22)7-11-18)19(27)14-30-21-24-23-20(26(21)2)15-4-8-17(28-3)9-5-15/h4-11H,12-14H2,1-3H3. The summed E-state index contributed by atoms with van der Waals surface area (Å²) in [5.74, 6) is 2.50. The van der Waals surface area contributed by atoms with E-state index in [0.717, 1.165) is 22.9 Å². The van der Waals surface area contributed by atoms with Crippen molar-refractivity contribution in [2.75, 3.05) is 33.1 Å². The van der Waals surface area contributed by atoms with Crippen LogP contribution in [0.25, 0.3) is 11.4 Å². The number of hydrogen-bond donors (Lipinski definition) is 0. The van der Waals surface area contributed by atoms with Gasteiger partial charge in [-0.05, 0) is 48.5 Å². The van der Waals surface area contributed by atoms with Crippen LogP contribution in [0.4, 0.5) is 0 Å². The number of aromatic nitrogens is 3. The number of halogens is 1. The van der Waals surface area contributed by atoms with Crippen molar-refractivity contribution in [3.8, 4) is 22.9 Å². The Kier molecular flexibility index (Phi) is 7.59. The molecule has 0 saturated carbocycles.